The van der Waals surface area contributed by atoms with Crippen molar-refractivity contribution >= 4 is 22.1 Å². The Balaban J connectivity index is 2.02. The summed E-state index contributed by atoms with van der Waals surface area (Å²) >= 11 is 1.55. The minimum absolute atomic E-state index is 0.0358. The maximum atomic E-state index is 9.98. The third-order valence-corrected chi connectivity index (χ3v) is 4.00. The van der Waals surface area contributed by atoms with Gasteiger partial charge in [-0.25, -0.2) is 4.98 Å². The predicted octanol–water partition coefficient (Wildman–Crippen LogP) is 0.849. The number of aliphatic hydroxyl groups is 2. The highest BCUT2D eigenvalue weighted by Gasteiger charge is 2.33. The highest BCUT2D eigenvalue weighted by atomic mass is 32.1. The van der Waals surface area contributed by atoms with Crippen LogP contribution in [0.4, 0.5) is 5.82 Å². The number of fused-ring (bicyclic) bond motifs is 1. The number of thiazole rings is 1. The monoisotopic (exact) mass is 253 g/mol. The molecule has 3 rings (SSSR count). The molecule has 0 radical (unpaired) electrons. The van der Waals surface area contributed by atoms with E-state index in [1.807, 2.05) is 27.8 Å². The van der Waals surface area contributed by atoms with Crippen molar-refractivity contribution in [3.8, 4) is 0 Å². The van der Waals surface area contributed by atoms with Gasteiger partial charge in [0, 0.05) is 24.7 Å². The van der Waals surface area contributed by atoms with Crippen molar-refractivity contribution in [3.63, 3.8) is 0 Å². The van der Waals surface area contributed by atoms with Crippen LogP contribution in [0, 0.1) is 0 Å². The Labute approximate surface area is 103 Å². The van der Waals surface area contributed by atoms with Crippen molar-refractivity contribution in [3.05, 3.63) is 17.3 Å². The van der Waals surface area contributed by atoms with E-state index in [0.717, 1.165) is 29.4 Å². The summed E-state index contributed by atoms with van der Waals surface area (Å²) in [4.78, 5) is 7.46. The molecule has 1 fully saturated rings. The molecule has 1 unspecified atom stereocenters. The SMILES string of the molecule is CC1(O)CCN(c2nc3sccn3c2CO)C1. The van der Waals surface area contributed by atoms with Crippen LogP contribution in [0.1, 0.15) is 19.0 Å². The summed E-state index contributed by atoms with van der Waals surface area (Å²) in [5.74, 6) is 0.803. The molecule has 0 amide bonds. The Bertz CT molecular complexity index is 546. The van der Waals surface area contributed by atoms with Gasteiger partial charge in [-0.2, -0.15) is 0 Å². The number of anilines is 1. The van der Waals surface area contributed by atoms with Crippen LogP contribution in [-0.2, 0) is 6.61 Å². The Hall–Kier alpha value is -1.11. The number of aromatic nitrogens is 2. The topological polar surface area (TPSA) is 61.0 Å². The molecule has 0 aromatic carbocycles. The number of imidazole rings is 1. The molecule has 1 atom stereocenters. The first-order chi connectivity index (χ1) is 8.11. The zero-order chi connectivity index (χ0) is 12.0. The van der Waals surface area contributed by atoms with E-state index in [-0.39, 0.29) is 6.61 Å². The summed E-state index contributed by atoms with van der Waals surface area (Å²) in [6.45, 7) is 3.16. The molecule has 1 aliphatic heterocycles. The van der Waals surface area contributed by atoms with E-state index in [2.05, 4.69) is 4.98 Å². The fourth-order valence-corrected chi connectivity index (χ4v) is 3.08. The fraction of sp³-hybridized carbons (Fsp3) is 0.545. The number of β-amino-alcohol motifs (C(OH)–C–C–N with tert-alkyl or cyclic N) is 1. The molecule has 0 spiro atoms. The molecular formula is C11H15N3O2S. The maximum Gasteiger partial charge on any atom is 0.195 e. The van der Waals surface area contributed by atoms with Crippen LogP contribution >= 0.6 is 11.3 Å². The van der Waals surface area contributed by atoms with Gasteiger partial charge in [0.05, 0.1) is 17.9 Å². The molecule has 0 saturated carbocycles. The molecule has 17 heavy (non-hydrogen) atoms. The van der Waals surface area contributed by atoms with Gasteiger partial charge < -0.3 is 15.1 Å². The van der Waals surface area contributed by atoms with Crippen LogP contribution < -0.4 is 4.90 Å². The van der Waals surface area contributed by atoms with Gasteiger partial charge in [0.1, 0.15) is 0 Å². The fourth-order valence-electron chi connectivity index (χ4n) is 2.35. The van der Waals surface area contributed by atoms with Gasteiger partial charge >= 0.3 is 0 Å². The lowest BCUT2D eigenvalue weighted by Gasteiger charge is -2.19. The Morgan fingerprint density at radius 1 is 1.59 bits per heavy atom. The van der Waals surface area contributed by atoms with E-state index >= 15 is 0 Å². The van der Waals surface area contributed by atoms with Crippen LogP contribution in [0.25, 0.3) is 4.96 Å². The Morgan fingerprint density at radius 2 is 2.41 bits per heavy atom. The van der Waals surface area contributed by atoms with Crippen LogP contribution in [0.3, 0.4) is 0 Å². The average molecular weight is 253 g/mol. The molecule has 0 bridgehead atoms. The third-order valence-electron chi connectivity index (χ3n) is 3.24. The van der Waals surface area contributed by atoms with Crippen molar-refractivity contribution in [2.24, 2.45) is 0 Å². The van der Waals surface area contributed by atoms with Crippen molar-refractivity contribution in [2.45, 2.75) is 25.6 Å². The highest BCUT2D eigenvalue weighted by Crippen LogP contribution is 2.30. The lowest BCUT2D eigenvalue weighted by Crippen LogP contribution is -2.30. The number of hydrogen-bond donors (Lipinski definition) is 2. The average Bonchev–Trinajstić information content (AvgIpc) is 2.89. The molecule has 1 aliphatic rings. The summed E-state index contributed by atoms with van der Waals surface area (Å²) in [5, 5.41) is 21.4. The second kappa shape index (κ2) is 3.69. The Kier molecular flexibility index (Phi) is 2.39. The third kappa shape index (κ3) is 1.72. The minimum atomic E-state index is -0.649. The zero-order valence-corrected chi connectivity index (χ0v) is 10.4. The molecule has 6 heteroatoms. The maximum absolute atomic E-state index is 9.98. The number of nitrogens with zero attached hydrogens (tertiary/aromatic N) is 3. The zero-order valence-electron chi connectivity index (χ0n) is 9.63. The van der Waals surface area contributed by atoms with E-state index < -0.39 is 5.60 Å². The first-order valence-electron chi connectivity index (χ1n) is 5.63. The minimum Gasteiger partial charge on any atom is -0.390 e. The van der Waals surface area contributed by atoms with E-state index in [1.165, 1.54) is 0 Å². The lowest BCUT2D eigenvalue weighted by molar-refractivity contribution is 0.0838. The van der Waals surface area contributed by atoms with Gasteiger partial charge in [0.25, 0.3) is 0 Å². The molecule has 0 aliphatic carbocycles. The van der Waals surface area contributed by atoms with Gasteiger partial charge in [-0.1, -0.05) is 0 Å². The number of hydrogen-bond acceptors (Lipinski definition) is 5. The summed E-state index contributed by atoms with van der Waals surface area (Å²) in [6, 6.07) is 0. The van der Waals surface area contributed by atoms with E-state index in [0.29, 0.717) is 6.54 Å². The van der Waals surface area contributed by atoms with Gasteiger partial charge in [0.15, 0.2) is 10.8 Å². The molecule has 92 valence electrons. The summed E-state index contributed by atoms with van der Waals surface area (Å²) in [7, 11) is 0. The molecule has 3 heterocycles. The van der Waals surface area contributed by atoms with Crippen LogP contribution in [-0.4, -0.2) is 38.3 Å². The molecule has 2 aromatic rings. The second-order valence-electron chi connectivity index (χ2n) is 4.76. The van der Waals surface area contributed by atoms with Crippen molar-refractivity contribution in [2.75, 3.05) is 18.0 Å². The molecular weight excluding hydrogens is 238 g/mol. The van der Waals surface area contributed by atoms with Crippen molar-refractivity contribution < 1.29 is 10.2 Å². The van der Waals surface area contributed by atoms with E-state index in [4.69, 9.17) is 0 Å². The van der Waals surface area contributed by atoms with Crippen molar-refractivity contribution in [1.82, 2.24) is 9.38 Å². The van der Waals surface area contributed by atoms with Gasteiger partial charge in [0.2, 0.25) is 0 Å². The van der Waals surface area contributed by atoms with Crippen molar-refractivity contribution in [1.29, 1.82) is 0 Å². The summed E-state index contributed by atoms with van der Waals surface area (Å²) in [5.41, 5.74) is 0.156. The van der Waals surface area contributed by atoms with Gasteiger partial charge in [-0.3, -0.25) is 4.40 Å². The van der Waals surface area contributed by atoms with Gasteiger partial charge in [-0.05, 0) is 13.3 Å². The first kappa shape index (κ1) is 11.0. The molecule has 5 nitrogen and oxygen atoms in total. The predicted molar refractivity (Wildman–Crippen MR) is 66.4 cm³/mol. The van der Waals surface area contributed by atoms with Crippen LogP contribution in [0.2, 0.25) is 0 Å². The summed E-state index contributed by atoms with van der Waals surface area (Å²) < 4.78 is 1.91. The second-order valence-corrected chi connectivity index (χ2v) is 5.64. The highest BCUT2D eigenvalue weighted by molar-refractivity contribution is 7.15. The first-order valence-corrected chi connectivity index (χ1v) is 6.51. The Morgan fingerprint density at radius 3 is 3.06 bits per heavy atom. The van der Waals surface area contributed by atoms with Crippen LogP contribution in [0.5, 0.6) is 0 Å². The summed E-state index contributed by atoms with van der Waals surface area (Å²) in [6.07, 6.45) is 2.65. The largest absolute Gasteiger partial charge is 0.390 e. The van der Waals surface area contributed by atoms with E-state index in [1.54, 1.807) is 11.3 Å². The number of aliphatic hydroxyl groups excluding tert-OH is 1. The normalized spacial score (nSPS) is 25.0. The van der Waals surface area contributed by atoms with Crippen LogP contribution in [0.15, 0.2) is 11.6 Å². The smallest absolute Gasteiger partial charge is 0.195 e. The standard InChI is InChI=1S/C11H15N3O2S/c1-11(16)2-3-13(7-11)9-8(6-15)14-4-5-17-10(14)12-9/h4-5,15-16H,2-3,6-7H2,1H3. The molecule has 1 saturated heterocycles. The lowest BCUT2D eigenvalue weighted by atomic mass is 10.1. The quantitative estimate of drug-likeness (QED) is 0.833. The number of rotatable bonds is 2. The van der Waals surface area contributed by atoms with Gasteiger partial charge in [-0.15, -0.1) is 11.3 Å². The van der Waals surface area contributed by atoms with E-state index in [9.17, 15) is 10.2 Å². The molecule has 2 N–H and O–H groups in total. The molecule has 2 aromatic heterocycles.